The fourth-order valence-corrected chi connectivity index (χ4v) is 5.23. The Morgan fingerprint density at radius 1 is 1.21 bits per heavy atom. The number of rotatable bonds is 4. The predicted octanol–water partition coefficient (Wildman–Crippen LogP) is 5.01. The van der Waals surface area contributed by atoms with E-state index in [2.05, 4.69) is 41.4 Å². The van der Waals surface area contributed by atoms with Crippen LogP contribution in [-0.4, -0.2) is 27.6 Å². The van der Waals surface area contributed by atoms with E-state index >= 15 is 0 Å². The molecule has 1 aliphatic heterocycles. The van der Waals surface area contributed by atoms with Crippen LogP contribution in [0.15, 0.2) is 30.6 Å². The largest absolute Gasteiger partial charge is 0.384 e. The van der Waals surface area contributed by atoms with Crippen LogP contribution in [0.4, 0.5) is 5.82 Å². The van der Waals surface area contributed by atoms with Gasteiger partial charge in [-0.2, -0.15) is 0 Å². The molecule has 152 valence electrons. The first kappa shape index (κ1) is 18.6. The topological polar surface area (TPSA) is 65.4 Å². The lowest BCUT2D eigenvalue weighted by atomic mass is 9.80. The second-order valence-corrected chi connectivity index (χ2v) is 8.88. The summed E-state index contributed by atoms with van der Waals surface area (Å²) in [5.74, 6) is 1.15. The highest BCUT2D eigenvalue weighted by molar-refractivity contribution is 5.82. The van der Waals surface area contributed by atoms with Crippen LogP contribution in [0.2, 0.25) is 0 Å². The standard InChI is InChI=1S/C24H30N4O/c1-3-24(8-9-29-14-24)22-11-16(2)10-19(27-22)18-12-20(17-6-4-5-7-17)28-15-26-23(25)13-21(18)28/h10-13,15,17H,3-9,14,25H2,1-2H3. The molecule has 5 rings (SSSR count). The molecule has 3 aromatic rings. The summed E-state index contributed by atoms with van der Waals surface area (Å²) in [7, 11) is 0. The lowest BCUT2D eigenvalue weighted by molar-refractivity contribution is 0.174. The van der Waals surface area contributed by atoms with Crippen LogP contribution in [-0.2, 0) is 10.2 Å². The van der Waals surface area contributed by atoms with Crippen molar-refractivity contribution in [3.63, 3.8) is 0 Å². The van der Waals surface area contributed by atoms with Gasteiger partial charge in [0.1, 0.15) is 12.1 Å². The number of pyridine rings is 1. The Kier molecular flexibility index (Phi) is 4.58. The number of nitrogens with zero attached hydrogens (tertiary/aromatic N) is 3. The summed E-state index contributed by atoms with van der Waals surface area (Å²) < 4.78 is 8.02. The van der Waals surface area contributed by atoms with E-state index in [4.69, 9.17) is 15.5 Å². The summed E-state index contributed by atoms with van der Waals surface area (Å²) in [5, 5.41) is 0. The highest BCUT2D eigenvalue weighted by Gasteiger charge is 2.37. The molecule has 3 aromatic heterocycles. The number of aryl methyl sites for hydroxylation is 1. The third-order valence-corrected chi connectivity index (χ3v) is 7.06. The summed E-state index contributed by atoms with van der Waals surface area (Å²) in [6, 6.07) is 8.77. The van der Waals surface area contributed by atoms with E-state index in [0.29, 0.717) is 11.7 Å². The Hall–Kier alpha value is -2.40. The Morgan fingerprint density at radius 3 is 2.76 bits per heavy atom. The van der Waals surface area contributed by atoms with Gasteiger partial charge in [0, 0.05) is 35.0 Å². The third-order valence-electron chi connectivity index (χ3n) is 7.06. The smallest absolute Gasteiger partial charge is 0.127 e. The molecule has 0 aromatic carbocycles. The molecular formula is C24H30N4O. The molecule has 0 spiro atoms. The third kappa shape index (κ3) is 3.12. The minimum Gasteiger partial charge on any atom is -0.384 e. The highest BCUT2D eigenvalue weighted by atomic mass is 16.5. The van der Waals surface area contributed by atoms with Gasteiger partial charge in [-0.05, 0) is 62.3 Å². The van der Waals surface area contributed by atoms with E-state index in [-0.39, 0.29) is 5.41 Å². The maximum atomic E-state index is 6.07. The van der Waals surface area contributed by atoms with Gasteiger partial charge in [-0.15, -0.1) is 0 Å². The average Bonchev–Trinajstić information content (AvgIpc) is 3.46. The number of anilines is 1. The van der Waals surface area contributed by atoms with Crippen LogP contribution in [0, 0.1) is 6.92 Å². The fourth-order valence-electron chi connectivity index (χ4n) is 5.23. The van der Waals surface area contributed by atoms with Crippen molar-refractivity contribution in [3.05, 3.63) is 47.5 Å². The molecule has 29 heavy (non-hydrogen) atoms. The average molecular weight is 391 g/mol. The minimum absolute atomic E-state index is 0.0329. The molecule has 1 aliphatic carbocycles. The van der Waals surface area contributed by atoms with Crippen LogP contribution < -0.4 is 5.73 Å². The van der Waals surface area contributed by atoms with Crippen molar-refractivity contribution >= 4 is 11.3 Å². The lowest BCUT2D eigenvalue weighted by Crippen LogP contribution is -2.27. The highest BCUT2D eigenvalue weighted by Crippen LogP contribution is 2.40. The number of aromatic nitrogens is 3. The first-order valence-electron chi connectivity index (χ1n) is 10.9. The van der Waals surface area contributed by atoms with Gasteiger partial charge in [0.25, 0.3) is 0 Å². The second-order valence-electron chi connectivity index (χ2n) is 8.88. The van der Waals surface area contributed by atoms with Crippen LogP contribution in [0.3, 0.4) is 0 Å². The molecule has 1 unspecified atom stereocenters. The molecule has 0 bridgehead atoms. The number of fused-ring (bicyclic) bond motifs is 1. The number of hydrogen-bond acceptors (Lipinski definition) is 4. The molecule has 5 nitrogen and oxygen atoms in total. The van der Waals surface area contributed by atoms with E-state index in [1.165, 1.54) is 36.9 Å². The van der Waals surface area contributed by atoms with Gasteiger partial charge in [0.2, 0.25) is 0 Å². The normalized spacial score (nSPS) is 22.7. The van der Waals surface area contributed by atoms with Crippen LogP contribution in [0.5, 0.6) is 0 Å². The predicted molar refractivity (Wildman–Crippen MR) is 116 cm³/mol. The zero-order valence-electron chi connectivity index (χ0n) is 17.4. The minimum atomic E-state index is 0.0329. The van der Waals surface area contributed by atoms with E-state index in [0.717, 1.165) is 48.5 Å². The second kappa shape index (κ2) is 7.13. The monoisotopic (exact) mass is 390 g/mol. The summed E-state index contributed by atoms with van der Waals surface area (Å²) in [6.07, 6.45) is 9.08. The van der Waals surface area contributed by atoms with Crippen molar-refractivity contribution in [1.82, 2.24) is 14.4 Å². The van der Waals surface area contributed by atoms with Crippen LogP contribution >= 0.6 is 0 Å². The van der Waals surface area contributed by atoms with Crippen molar-refractivity contribution in [2.45, 2.75) is 63.7 Å². The lowest BCUT2D eigenvalue weighted by Gasteiger charge is -2.26. The summed E-state index contributed by atoms with van der Waals surface area (Å²) in [5.41, 5.74) is 13.2. The van der Waals surface area contributed by atoms with Gasteiger partial charge in [-0.1, -0.05) is 19.8 Å². The Labute approximate surface area is 172 Å². The molecule has 2 fully saturated rings. The van der Waals surface area contributed by atoms with E-state index in [9.17, 15) is 0 Å². The van der Waals surface area contributed by atoms with Crippen molar-refractivity contribution in [3.8, 4) is 11.3 Å². The Balaban J connectivity index is 1.69. The SMILES string of the molecule is CCC1(c2cc(C)cc(-c3cc(C4CCCC4)n4cnc(N)cc34)n2)CCOC1. The molecule has 1 atom stereocenters. The molecule has 1 saturated carbocycles. The summed E-state index contributed by atoms with van der Waals surface area (Å²) in [6.45, 7) is 6.00. The zero-order chi connectivity index (χ0) is 20.0. The maximum absolute atomic E-state index is 6.07. The number of nitrogens with two attached hydrogens (primary N) is 1. The molecule has 0 amide bonds. The van der Waals surface area contributed by atoms with Crippen molar-refractivity contribution in [2.75, 3.05) is 18.9 Å². The summed E-state index contributed by atoms with van der Waals surface area (Å²) in [4.78, 5) is 9.57. The van der Waals surface area contributed by atoms with Gasteiger partial charge in [-0.25, -0.2) is 4.98 Å². The molecule has 4 heterocycles. The first-order valence-corrected chi connectivity index (χ1v) is 10.9. The van der Waals surface area contributed by atoms with Crippen LogP contribution in [0.25, 0.3) is 16.8 Å². The van der Waals surface area contributed by atoms with Gasteiger partial charge in [0.15, 0.2) is 0 Å². The molecule has 0 radical (unpaired) electrons. The van der Waals surface area contributed by atoms with Gasteiger partial charge in [0.05, 0.1) is 17.8 Å². The van der Waals surface area contributed by atoms with Gasteiger partial charge < -0.3 is 14.9 Å². The Morgan fingerprint density at radius 2 is 2.03 bits per heavy atom. The molecule has 2 N–H and O–H groups in total. The first-order chi connectivity index (χ1) is 14.1. The van der Waals surface area contributed by atoms with E-state index in [1.807, 2.05) is 12.4 Å². The molecule has 5 heteroatoms. The fraction of sp³-hybridized carbons (Fsp3) is 0.500. The maximum Gasteiger partial charge on any atom is 0.127 e. The van der Waals surface area contributed by atoms with Crippen molar-refractivity contribution in [1.29, 1.82) is 0 Å². The number of ether oxygens (including phenoxy) is 1. The van der Waals surface area contributed by atoms with Crippen molar-refractivity contribution < 1.29 is 4.74 Å². The molecule has 2 aliphatic rings. The van der Waals surface area contributed by atoms with Gasteiger partial charge >= 0.3 is 0 Å². The quantitative estimate of drug-likeness (QED) is 0.680. The Bertz CT molecular complexity index is 1040. The van der Waals surface area contributed by atoms with E-state index in [1.54, 1.807) is 0 Å². The van der Waals surface area contributed by atoms with E-state index < -0.39 is 0 Å². The number of hydrogen-bond donors (Lipinski definition) is 1. The van der Waals surface area contributed by atoms with Gasteiger partial charge in [-0.3, -0.25) is 4.98 Å². The molecule has 1 saturated heterocycles. The van der Waals surface area contributed by atoms with Crippen LogP contribution in [0.1, 0.15) is 68.3 Å². The summed E-state index contributed by atoms with van der Waals surface area (Å²) >= 11 is 0. The zero-order valence-corrected chi connectivity index (χ0v) is 17.4. The van der Waals surface area contributed by atoms with Crippen molar-refractivity contribution in [2.24, 2.45) is 0 Å². The number of nitrogen functional groups attached to an aromatic ring is 1. The molecular weight excluding hydrogens is 360 g/mol.